The summed E-state index contributed by atoms with van der Waals surface area (Å²) in [6, 6.07) is 14.7. The van der Waals surface area contributed by atoms with Gasteiger partial charge in [0.25, 0.3) is 0 Å². The van der Waals surface area contributed by atoms with Crippen LogP contribution in [0.3, 0.4) is 0 Å². The van der Waals surface area contributed by atoms with E-state index in [0.29, 0.717) is 6.54 Å². The first kappa shape index (κ1) is 30.1. The average Bonchev–Trinajstić information content (AvgIpc) is 3.42. The summed E-state index contributed by atoms with van der Waals surface area (Å²) in [5, 5.41) is 13.7. The second kappa shape index (κ2) is 14.1. The second-order valence-electron chi connectivity index (χ2n) is 9.94. The lowest BCUT2D eigenvalue weighted by atomic mass is 9.82. The van der Waals surface area contributed by atoms with Crippen molar-refractivity contribution in [2.75, 3.05) is 25.5 Å². The highest BCUT2D eigenvalue weighted by atomic mass is 19.4. The number of carboxylic acids is 1. The van der Waals surface area contributed by atoms with Crippen LogP contribution in [0.25, 0.3) is 0 Å². The fourth-order valence-electron chi connectivity index (χ4n) is 4.92. The summed E-state index contributed by atoms with van der Waals surface area (Å²) >= 11 is 0. The number of benzene rings is 2. The Bertz CT molecular complexity index is 1100. The molecule has 2 atom stereocenters. The summed E-state index contributed by atoms with van der Waals surface area (Å²) in [5.74, 6) is -0.738. The van der Waals surface area contributed by atoms with Gasteiger partial charge in [0.05, 0.1) is 13.2 Å². The zero-order chi connectivity index (χ0) is 28.4. The number of carbonyl (C=O) groups excluding carboxylic acids is 1. The molecule has 10 heteroatoms. The molecule has 1 aliphatic carbocycles. The minimum atomic E-state index is -5.08. The Balaban J connectivity index is 0.000000532. The van der Waals surface area contributed by atoms with Crippen molar-refractivity contribution in [1.82, 2.24) is 5.32 Å². The van der Waals surface area contributed by atoms with Gasteiger partial charge in [0, 0.05) is 30.6 Å². The zero-order valence-electron chi connectivity index (χ0n) is 22.4. The van der Waals surface area contributed by atoms with E-state index in [1.807, 2.05) is 6.07 Å². The van der Waals surface area contributed by atoms with Crippen LogP contribution in [0.1, 0.15) is 62.5 Å². The monoisotopic (exact) mass is 550 g/mol. The largest absolute Gasteiger partial charge is 0.493 e. The molecule has 4 rings (SSSR count). The predicted octanol–water partition coefficient (Wildman–Crippen LogP) is 5.93. The van der Waals surface area contributed by atoms with Crippen molar-refractivity contribution in [3.63, 3.8) is 0 Å². The van der Waals surface area contributed by atoms with Gasteiger partial charge < -0.3 is 25.2 Å². The summed E-state index contributed by atoms with van der Waals surface area (Å²) in [5.41, 5.74) is 3.54. The molecule has 39 heavy (non-hydrogen) atoms. The van der Waals surface area contributed by atoms with Gasteiger partial charge in [0.15, 0.2) is 11.5 Å². The van der Waals surface area contributed by atoms with E-state index in [1.165, 1.54) is 24.0 Å². The fraction of sp³-hybridized carbons (Fsp3) is 0.517. The summed E-state index contributed by atoms with van der Waals surface area (Å²) in [6.45, 7) is 3.79. The SMILES string of the molecule is CCCNc1cccc(C[C@H]2C[C@@H](c3ccc(OC)c(OC4CCCC4)c3)CNC2=O)c1.O=C(O)C(F)(F)F. The molecule has 0 aromatic heterocycles. The van der Waals surface area contributed by atoms with Gasteiger partial charge in [0.1, 0.15) is 0 Å². The van der Waals surface area contributed by atoms with Crippen LogP contribution in [-0.2, 0) is 16.0 Å². The first-order valence-electron chi connectivity index (χ1n) is 13.4. The predicted molar refractivity (Wildman–Crippen MR) is 142 cm³/mol. The molecule has 0 radical (unpaired) electrons. The number of hydrogen-bond donors (Lipinski definition) is 3. The lowest BCUT2D eigenvalue weighted by molar-refractivity contribution is -0.192. The van der Waals surface area contributed by atoms with Crippen LogP contribution in [0, 0.1) is 5.92 Å². The minimum absolute atomic E-state index is 0.0310. The second-order valence-corrected chi connectivity index (χ2v) is 9.94. The molecule has 2 fully saturated rings. The number of alkyl halides is 3. The molecule has 2 aromatic carbocycles. The van der Waals surface area contributed by atoms with Crippen LogP contribution in [0.15, 0.2) is 42.5 Å². The van der Waals surface area contributed by atoms with Crippen LogP contribution in [0.2, 0.25) is 0 Å². The Kier molecular flexibility index (Phi) is 10.9. The van der Waals surface area contributed by atoms with E-state index in [2.05, 4.69) is 54.0 Å². The molecule has 1 heterocycles. The van der Waals surface area contributed by atoms with E-state index in [0.717, 1.165) is 55.8 Å². The van der Waals surface area contributed by atoms with Crippen molar-refractivity contribution in [2.45, 2.75) is 70.1 Å². The van der Waals surface area contributed by atoms with Crippen molar-refractivity contribution in [3.05, 3.63) is 53.6 Å². The number of nitrogens with one attached hydrogen (secondary N) is 2. The number of hydrogen-bond acceptors (Lipinski definition) is 5. The number of carboxylic acid groups (broad SMARTS) is 1. The summed E-state index contributed by atoms with van der Waals surface area (Å²) in [7, 11) is 1.69. The Morgan fingerprint density at radius 3 is 2.49 bits per heavy atom. The maximum absolute atomic E-state index is 12.7. The molecule has 7 nitrogen and oxygen atoms in total. The van der Waals surface area contributed by atoms with Gasteiger partial charge in [-0.3, -0.25) is 4.79 Å². The average molecular weight is 551 g/mol. The summed E-state index contributed by atoms with van der Waals surface area (Å²) in [4.78, 5) is 21.6. The van der Waals surface area contributed by atoms with E-state index >= 15 is 0 Å². The third-order valence-corrected chi connectivity index (χ3v) is 6.95. The highest BCUT2D eigenvalue weighted by molar-refractivity contribution is 5.80. The van der Waals surface area contributed by atoms with Crippen molar-refractivity contribution in [2.24, 2.45) is 5.92 Å². The molecular formula is C29H37F3N2O5. The van der Waals surface area contributed by atoms with Crippen LogP contribution in [0.4, 0.5) is 18.9 Å². The third-order valence-electron chi connectivity index (χ3n) is 6.95. The number of halogens is 3. The molecule has 2 aromatic rings. The number of carbonyl (C=O) groups is 2. The quantitative estimate of drug-likeness (QED) is 0.358. The van der Waals surface area contributed by atoms with Gasteiger partial charge in [-0.2, -0.15) is 13.2 Å². The standard InChI is InChI=1S/C27H36N2O3.C2HF3O2/c1-3-13-28-23-8-6-7-19(15-23)14-21-16-22(18-29-27(21)30)20-11-12-25(31-2)26(17-20)32-24-9-4-5-10-24;3-2(4,5)1(6)7/h6-8,11-12,15,17,21-22,24,28H,3-5,9-10,13-14,16,18H2,1-2H3,(H,29,30);(H,6,7)/t21-,22+;/m0./s1. The molecule has 0 unspecified atom stereocenters. The lowest BCUT2D eigenvalue weighted by Gasteiger charge is -2.30. The van der Waals surface area contributed by atoms with Gasteiger partial charge in [-0.15, -0.1) is 0 Å². The Morgan fingerprint density at radius 1 is 1.13 bits per heavy atom. The number of piperidine rings is 1. The maximum Gasteiger partial charge on any atom is 0.490 e. The molecule has 0 spiro atoms. The lowest BCUT2D eigenvalue weighted by Crippen LogP contribution is -2.41. The van der Waals surface area contributed by atoms with Gasteiger partial charge in [-0.25, -0.2) is 4.79 Å². The van der Waals surface area contributed by atoms with Crippen molar-refractivity contribution < 1.29 is 37.3 Å². The highest BCUT2D eigenvalue weighted by Gasteiger charge is 2.38. The molecule has 214 valence electrons. The molecule has 3 N–H and O–H groups in total. The van der Waals surface area contributed by atoms with Crippen molar-refractivity contribution in [1.29, 1.82) is 0 Å². The first-order chi connectivity index (χ1) is 18.6. The summed E-state index contributed by atoms with van der Waals surface area (Å²) < 4.78 is 43.6. The number of ether oxygens (including phenoxy) is 2. The van der Waals surface area contributed by atoms with Crippen molar-refractivity contribution >= 4 is 17.6 Å². The van der Waals surface area contributed by atoms with Gasteiger partial charge in [0.2, 0.25) is 5.91 Å². The Hall–Kier alpha value is -3.43. The summed E-state index contributed by atoms with van der Waals surface area (Å²) in [6.07, 6.45) is 2.58. The van der Waals surface area contributed by atoms with Gasteiger partial charge in [-0.05, 0) is 80.3 Å². The fourth-order valence-corrected chi connectivity index (χ4v) is 4.92. The van der Waals surface area contributed by atoms with Crippen LogP contribution in [-0.4, -0.2) is 49.5 Å². The van der Waals surface area contributed by atoms with Crippen molar-refractivity contribution in [3.8, 4) is 11.5 Å². The van der Waals surface area contributed by atoms with Crippen LogP contribution < -0.4 is 20.1 Å². The Morgan fingerprint density at radius 2 is 1.85 bits per heavy atom. The van der Waals surface area contributed by atoms with E-state index in [1.54, 1.807) is 7.11 Å². The topological polar surface area (TPSA) is 96.9 Å². The molecule has 1 saturated heterocycles. The molecule has 1 aliphatic heterocycles. The van der Waals surface area contributed by atoms with Gasteiger partial charge >= 0.3 is 12.1 Å². The third kappa shape index (κ3) is 9.07. The first-order valence-corrected chi connectivity index (χ1v) is 13.4. The Labute approximate surface area is 227 Å². The number of rotatable bonds is 9. The van der Waals surface area contributed by atoms with E-state index in [9.17, 15) is 18.0 Å². The normalized spacial score (nSPS) is 19.5. The molecule has 1 saturated carbocycles. The maximum atomic E-state index is 12.7. The molecule has 0 bridgehead atoms. The smallest absolute Gasteiger partial charge is 0.490 e. The van der Waals surface area contributed by atoms with Gasteiger partial charge in [-0.1, -0.05) is 25.1 Å². The molecule has 1 amide bonds. The highest BCUT2D eigenvalue weighted by Crippen LogP contribution is 2.37. The number of methoxy groups -OCH3 is 1. The van der Waals surface area contributed by atoms with E-state index in [-0.39, 0.29) is 23.8 Å². The zero-order valence-corrected chi connectivity index (χ0v) is 22.4. The number of aliphatic carboxylic acids is 1. The molecular weight excluding hydrogens is 513 g/mol. The van der Waals surface area contributed by atoms with Crippen LogP contribution >= 0.6 is 0 Å². The minimum Gasteiger partial charge on any atom is -0.493 e. The number of amides is 1. The number of anilines is 1. The van der Waals surface area contributed by atoms with E-state index in [4.69, 9.17) is 19.4 Å². The van der Waals surface area contributed by atoms with Crippen LogP contribution in [0.5, 0.6) is 11.5 Å². The van der Waals surface area contributed by atoms with E-state index < -0.39 is 12.1 Å². The molecule has 2 aliphatic rings.